The Balaban J connectivity index is 1.39. The number of hydrogen-bond donors (Lipinski definition) is 2. The fraction of sp³-hybridized carbons (Fsp3) is 0.379. The molecule has 13 heteroatoms. The summed E-state index contributed by atoms with van der Waals surface area (Å²) in [7, 11) is 0. The van der Waals surface area contributed by atoms with Gasteiger partial charge in [-0.2, -0.15) is 9.97 Å². The van der Waals surface area contributed by atoms with E-state index in [9.17, 15) is 14.0 Å². The number of nitrogens with two attached hydrogens (primary N) is 1. The fourth-order valence-electron chi connectivity index (χ4n) is 3.90. The van der Waals surface area contributed by atoms with Crippen LogP contribution in [0, 0.1) is 11.7 Å². The predicted molar refractivity (Wildman–Crippen MR) is 149 cm³/mol. The smallest absolute Gasteiger partial charge is 0.319 e. The van der Waals surface area contributed by atoms with Crippen molar-refractivity contribution in [3.05, 3.63) is 65.6 Å². The minimum atomic E-state index is -0.774. The number of nitrogens with one attached hydrogen (secondary N) is 1. The van der Waals surface area contributed by atoms with Gasteiger partial charge in [0.25, 0.3) is 11.8 Å². The van der Waals surface area contributed by atoms with Gasteiger partial charge in [0, 0.05) is 17.5 Å². The van der Waals surface area contributed by atoms with Crippen LogP contribution in [0.15, 0.2) is 51.5 Å². The highest BCUT2D eigenvalue weighted by Gasteiger charge is 2.22. The summed E-state index contributed by atoms with van der Waals surface area (Å²) < 4.78 is 36.5. The van der Waals surface area contributed by atoms with Crippen molar-refractivity contribution < 1.29 is 32.5 Å². The molecular weight excluding hydrogens is 547 g/mol. The third-order valence-corrected chi connectivity index (χ3v) is 6.04. The van der Waals surface area contributed by atoms with Crippen LogP contribution in [-0.2, 0) is 16.0 Å². The summed E-state index contributed by atoms with van der Waals surface area (Å²) in [5.74, 6) is 0.402. The second kappa shape index (κ2) is 13.8. The summed E-state index contributed by atoms with van der Waals surface area (Å²) in [4.78, 5) is 32.5. The number of amides is 1. The standard InChI is InChI=1S/C29H33FN6O6/c1-5-23(40-20-9-6-18(7-10-20)26-33-24(41-35-26)12-16(2)3)29-34-27(36-42-29)19-8-11-21(22(30)13-19)28(38)32-17(4)15-39-25(37)14-31/h6-11,13,16-17,23H,5,12,14-15,31H2,1-4H3,(H,32,38)/t17-,23?/m0/s1. The molecule has 0 spiro atoms. The van der Waals surface area contributed by atoms with Gasteiger partial charge >= 0.3 is 5.97 Å². The highest BCUT2D eigenvalue weighted by Crippen LogP contribution is 2.28. The zero-order valence-corrected chi connectivity index (χ0v) is 23.8. The molecule has 2 aromatic carbocycles. The second-order valence-corrected chi connectivity index (χ2v) is 10.1. The van der Waals surface area contributed by atoms with Crippen molar-refractivity contribution >= 4 is 11.9 Å². The minimum absolute atomic E-state index is 0.0873. The number of rotatable bonds is 13. The Morgan fingerprint density at radius 1 is 1.00 bits per heavy atom. The quantitative estimate of drug-likeness (QED) is 0.217. The normalized spacial score (nSPS) is 12.6. The molecule has 0 fully saturated rings. The van der Waals surface area contributed by atoms with Crippen LogP contribution < -0.4 is 15.8 Å². The molecule has 0 aliphatic heterocycles. The first-order chi connectivity index (χ1) is 20.2. The van der Waals surface area contributed by atoms with Crippen LogP contribution in [0.25, 0.3) is 22.8 Å². The SMILES string of the molecule is CCC(Oc1ccc(-c2noc(CC(C)C)n2)cc1)c1nc(-c2ccc(C(=O)N[C@@H](C)COC(=O)CN)c(F)c2)no1. The van der Waals surface area contributed by atoms with E-state index < -0.39 is 29.8 Å². The van der Waals surface area contributed by atoms with Gasteiger partial charge in [0.05, 0.1) is 18.2 Å². The zero-order chi connectivity index (χ0) is 30.2. The van der Waals surface area contributed by atoms with Crippen molar-refractivity contribution in [2.24, 2.45) is 11.7 Å². The van der Waals surface area contributed by atoms with Crippen molar-refractivity contribution in [1.29, 1.82) is 0 Å². The number of aromatic nitrogens is 4. The Bertz CT molecular complexity index is 1500. The molecule has 0 bridgehead atoms. The summed E-state index contributed by atoms with van der Waals surface area (Å²) in [6.07, 6.45) is 0.684. The monoisotopic (exact) mass is 580 g/mol. The van der Waals surface area contributed by atoms with E-state index in [1.54, 1.807) is 19.1 Å². The lowest BCUT2D eigenvalue weighted by atomic mass is 10.1. The molecular formula is C29H33FN6O6. The molecule has 2 aromatic heterocycles. The molecule has 222 valence electrons. The van der Waals surface area contributed by atoms with Crippen LogP contribution in [0.3, 0.4) is 0 Å². The molecule has 2 heterocycles. The van der Waals surface area contributed by atoms with Gasteiger partial charge in [-0.3, -0.25) is 9.59 Å². The lowest BCUT2D eigenvalue weighted by Crippen LogP contribution is -2.37. The van der Waals surface area contributed by atoms with E-state index in [1.165, 1.54) is 12.1 Å². The number of ether oxygens (including phenoxy) is 2. The van der Waals surface area contributed by atoms with Crippen LogP contribution in [0.5, 0.6) is 5.75 Å². The summed E-state index contributed by atoms with van der Waals surface area (Å²) in [5.41, 5.74) is 6.11. The highest BCUT2D eigenvalue weighted by molar-refractivity contribution is 5.95. The minimum Gasteiger partial charge on any atom is -0.481 e. The number of carbonyl (C=O) groups is 2. The fourth-order valence-corrected chi connectivity index (χ4v) is 3.90. The maximum atomic E-state index is 14.8. The lowest BCUT2D eigenvalue weighted by molar-refractivity contribution is -0.142. The average molecular weight is 581 g/mol. The molecule has 0 aliphatic carbocycles. The van der Waals surface area contributed by atoms with Crippen LogP contribution in [0.1, 0.15) is 62.4 Å². The van der Waals surface area contributed by atoms with E-state index in [0.29, 0.717) is 41.8 Å². The van der Waals surface area contributed by atoms with Gasteiger partial charge in [-0.25, -0.2) is 4.39 Å². The third kappa shape index (κ3) is 7.75. The van der Waals surface area contributed by atoms with E-state index in [4.69, 9.17) is 24.3 Å². The molecule has 2 atom stereocenters. The molecule has 0 radical (unpaired) electrons. The third-order valence-electron chi connectivity index (χ3n) is 6.04. The van der Waals surface area contributed by atoms with Crippen LogP contribution in [0.4, 0.5) is 4.39 Å². The number of halogens is 1. The maximum Gasteiger partial charge on any atom is 0.319 e. The van der Waals surface area contributed by atoms with Gasteiger partial charge in [0.15, 0.2) is 6.10 Å². The Kier molecular flexibility index (Phi) is 9.97. The number of esters is 1. The van der Waals surface area contributed by atoms with E-state index in [0.717, 1.165) is 11.6 Å². The summed E-state index contributed by atoms with van der Waals surface area (Å²) >= 11 is 0. The molecule has 0 aliphatic rings. The number of benzene rings is 2. The van der Waals surface area contributed by atoms with Crippen molar-refractivity contribution in [2.75, 3.05) is 13.2 Å². The van der Waals surface area contributed by atoms with E-state index in [2.05, 4.69) is 39.4 Å². The first-order valence-electron chi connectivity index (χ1n) is 13.6. The number of carbonyl (C=O) groups excluding carboxylic acids is 2. The molecule has 4 rings (SSSR count). The molecule has 12 nitrogen and oxygen atoms in total. The lowest BCUT2D eigenvalue weighted by Gasteiger charge is -2.14. The summed E-state index contributed by atoms with van der Waals surface area (Å²) in [6, 6.07) is 10.7. The largest absolute Gasteiger partial charge is 0.481 e. The second-order valence-electron chi connectivity index (χ2n) is 10.1. The van der Waals surface area contributed by atoms with Gasteiger partial charge in [-0.15, -0.1) is 0 Å². The van der Waals surface area contributed by atoms with Crippen molar-refractivity contribution in [3.8, 4) is 28.5 Å². The van der Waals surface area contributed by atoms with Gasteiger partial charge in [-0.05, 0) is 55.7 Å². The summed E-state index contributed by atoms with van der Waals surface area (Å²) in [6.45, 7) is 7.33. The molecule has 1 amide bonds. The van der Waals surface area contributed by atoms with Crippen molar-refractivity contribution in [3.63, 3.8) is 0 Å². The average Bonchev–Trinajstić information content (AvgIpc) is 3.65. The topological polar surface area (TPSA) is 168 Å². The van der Waals surface area contributed by atoms with E-state index >= 15 is 0 Å². The van der Waals surface area contributed by atoms with E-state index in [-0.39, 0.29) is 30.4 Å². The molecule has 42 heavy (non-hydrogen) atoms. The Hall–Kier alpha value is -4.65. The molecule has 1 unspecified atom stereocenters. The molecule has 3 N–H and O–H groups in total. The predicted octanol–water partition coefficient (Wildman–Crippen LogP) is 4.27. The maximum absolute atomic E-state index is 14.8. The van der Waals surface area contributed by atoms with Crippen LogP contribution in [0.2, 0.25) is 0 Å². The first kappa shape index (κ1) is 30.3. The summed E-state index contributed by atoms with van der Waals surface area (Å²) in [5, 5.41) is 10.6. The Morgan fingerprint density at radius 2 is 1.69 bits per heavy atom. The van der Waals surface area contributed by atoms with Gasteiger partial charge in [-0.1, -0.05) is 37.2 Å². The number of nitrogens with zero attached hydrogens (tertiary/aromatic N) is 4. The van der Waals surface area contributed by atoms with Gasteiger partial charge in [0.1, 0.15) is 18.2 Å². The van der Waals surface area contributed by atoms with Crippen LogP contribution >= 0.6 is 0 Å². The van der Waals surface area contributed by atoms with Crippen LogP contribution in [-0.4, -0.2) is 51.4 Å². The van der Waals surface area contributed by atoms with Gasteiger partial charge in [0.2, 0.25) is 17.5 Å². The van der Waals surface area contributed by atoms with Crippen molar-refractivity contribution in [1.82, 2.24) is 25.6 Å². The number of hydrogen-bond acceptors (Lipinski definition) is 11. The Labute approximate surface area is 241 Å². The Morgan fingerprint density at radius 3 is 2.36 bits per heavy atom. The molecule has 0 saturated carbocycles. The first-order valence-corrected chi connectivity index (χ1v) is 13.6. The highest BCUT2D eigenvalue weighted by atomic mass is 19.1. The van der Waals surface area contributed by atoms with Crippen molar-refractivity contribution in [2.45, 2.75) is 52.7 Å². The molecule has 0 saturated heterocycles. The van der Waals surface area contributed by atoms with E-state index in [1.807, 2.05) is 19.1 Å². The zero-order valence-electron chi connectivity index (χ0n) is 23.8. The van der Waals surface area contributed by atoms with Gasteiger partial charge < -0.3 is 29.6 Å². The molecule has 4 aromatic rings.